The average Bonchev–Trinajstić information content (AvgIpc) is 3.11. The minimum Gasteiger partial charge on any atom is -0.364 e. The van der Waals surface area contributed by atoms with E-state index in [0.717, 1.165) is 50.6 Å². The summed E-state index contributed by atoms with van der Waals surface area (Å²) in [4.78, 5) is 10.2. The molecule has 8 rings (SSSR count). The van der Waals surface area contributed by atoms with Gasteiger partial charge in [-0.25, -0.2) is 4.98 Å². The molecule has 2 heterocycles. The highest BCUT2D eigenvalue weighted by molar-refractivity contribution is 5.94. The lowest BCUT2D eigenvalue weighted by Crippen LogP contribution is -2.35. The summed E-state index contributed by atoms with van der Waals surface area (Å²) >= 11 is 0. The van der Waals surface area contributed by atoms with Crippen molar-refractivity contribution in [3.8, 4) is 33.6 Å². The summed E-state index contributed by atoms with van der Waals surface area (Å²) in [7, 11) is 0. The Balaban J connectivity index is 1.35. The molecule has 1 aliphatic heterocycles. The number of fused-ring (bicyclic) bond motifs is 2. The first-order chi connectivity index (χ1) is 22.6. The van der Waals surface area contributed by atoms with Gasteiger partial charge in [0.1, 0.15) is 6.17 Å². The zero-order chi connectivity index (χ0) is 31.0. The Labute approximate surface area is 270 Å². The predicted molar refractivity (Wildman–Crippen MR) is 191 cm³/mol. The van der Waals surface area contributed by atoms with Gasteiger partial charge in [0.2, 0.25) is 0 Å². The van der Waals surface area contributed by atoms with E-state index >= 15 is 0 Å². The van der Waals surface area contributed by atoms with E-state index in [1.165, 1.54) is 21.6 Å². The van der Waals surface area contributed by atoms with Gasteiger partial charge in [0.05, 0.1) is 11.4 Å². The summed E-state index contributed by atoms with van der Waals surface area (Å²) in [5.41, 5.74) is 12.4. The van der Waals surface area contributed by atoms with Crippen LogP contribution in [-0.2, 0) is 0 Å². The molecule has 5 aromatic rings. The van der Waals surface area contributed by atoms with Crippen LogP contribution >= 0.6 is 0 Å². The summed E-state index contributed by atoms with van der Waals surface area (Å²) in [6, 6.07) is 41.3. The number of rotatable bonds is 5. The molecule has 0 amide bonds. The van der Waals surface area contributed by atoms with Crippen LogP contribution in [0.4, 0.5) is 0 Å². The quantitative estimate of drug-likeness (QED) is 0.222. The van der Waals surface area contributed by atoms with Crippen LogP contribution < -0.4 is 15.8 Å². The van der Waals surface area contributed by atoms with Gasteiger partial charge in [-0.2, -0.15) is 0 Å². The minimum absolute atomic E-state index is 0.158. The molecule has 3 nitrogen and oxygen atoms in total. The first-order valence-corrected chi connectivity index (χ1v) is 16.0. The van der Waals surface area contributed by atoms with Crippen LogP contribution in [0, 0.1) is 5.92 Å². The molecule has 1 N–H and O–H groups in total. The van der Waals surface area contributed by atoms with Crippen LogP contribution in [0.2, 0.25) is 0 Å². The Hall–Kier alpha value is -5.54. The van der Waals surface area contributed by atoms with Gasteiger partial charge in [0, 0.05) is 34.4 Å². The first kappa shape index (κ1) is 28.0. The second kappa shape index (κ2) is 11.8. The molecule has 46 heavy (non-hydrogen) atoms. The highest BCUT2D eigenvalue weighted by Crippen LogP contribution is 2.40. The topological polar surface area (TPSA) is 37.3 Å². The van der Waals surface area contributed by atoms with Crippen LogP contribution in [0.5, 0.6) is 0 Å². The summed E-state index contributed by atoms with van der Waals surface area (Å²) < 4.78 is 0. The molecule has 2 aliphatic carbocycles. The van der Waals surface area contributed by atoms with E-state index in [4.69, 9.17) is 9.98 Å². The Morgan fingerprint density at radius 1 is 0.609 bits per heavy atom. The van der Waals surface area contributed by atoms with Gasteiger partial charge >= 0.3 is 0 Å². The molecule has 3 heteroatoms. The average molecular weight is 594 g/mol. The molecule has 1 aromatic heterocycles. The van der Waals surface area contributed by atoms with Gasteiger partial charge in [-0.1, -0.05) is 127 Å². The van der Waals surface area contributed by atoms with Crippen molar-refractivity contribution in [3.63, 3.8) is 0 Å². The van der Waals surface area contributed by atoms with Crippen molar-refractivity contribution in [2.45, 2.75) is 25.9 Å². The molecule has 3 aliphatic rings. The molecule has 0 radical (unpaired) electrons. The molecule has 222 valence electrons. The van der Waals surface area contributed by atoms with Crippen molar-refractivity contribution in [1.82, 2.24) is 10.3 Å². The van der Waals surface area contributed by atoms with Gasteiger partial charge in [0.25, 0.3) is 0 Å². The standard InChI is InChI=1S/C43H35N3/c1-28-21-29(2)45-43(44-28)36-23-33(22-35(24-36)40-25-32-17-9-10-18-37(32)38-19-11-12-20-39(38)40)34-26-41(30-13-5-3-6-14-30)46-42(27-34)31-15-7-4-8-16-31/h3-27,39-40,43-44H,1-2H3. The SMILES string of the molecule is CC1=CC(C)=NC(c2cc(-c3cc(-c4ccccc4)nc(-c4ccccc4)c3)cc(C3C=c4ccccc4=C4C=CC=CC43)c2)N1. The van der Waals surface area contributed by atoms with E-state index < -0.39 is 0 Å². The van der Waals surface area contributed by atoms with Crippen LogP contribution in [0.25, 0.3) is 45.3 Å². The Bertz CT molecular complexity index is 2150. The third-order valence-corrected chi connectivity index (χ3v) is 9.18. The van der Waals surface area contributed by atoms with E-state index in [0.29, 0.717) is 0 Å². The van der Waals surface area contributed by atoms with Gasteiger partial charge < -0.3 is 5.32 Å². The molecular formula is C43H35N3. The maximum absolute atomic E-state index is 5.15. The van der Waals surface area contributed by atoms with Crippen LogP contribution in [0.15, 0.2) is 156 Å². The largest absolute Gasteiger partial charge is 0.364 e. The highest BCUT2D eigenvalue weighted by atomic mass is 15.1. The van der Waals surface area contributed by atoms with Crippen LogP contribution in [0.3, 0.4) is 0 Å². The summed E-state index contributed by atoms with van der Waals surface area (Å²) in [6.45, 7) is 4.19. The zero-order valence-corrected chi connectivity index (χ0v) is 26.1. The maximum atomic E-state index is 5.15. The van der Waals surface area contributed by atoms with E-state index in [1.807, 2.05) is 0 Å². The fourth-order valence-corrected chi connectivity index (χ4v) is 7.05. The number of allylic oxidation sites excluding steroid dienone is 6. The van der Waals surface area contributed by atoms with Crippen molar-refractivity contribution in [3.05, 3.63) is 173 Å². The van der Waals surface area contributed by atoms with Gasteiger partial charge in [-0.15, -0.1) is 0 Å². The normalized spacial score (nSPS) is 19.7. The molecular weight excluding hydrogens is 558 g/mol. The van der Waals surface area contributed by atoms with Crippen LogP contribution in [0.1, 0.15) is 37.1 Å². The van der Waals surface area contributed by atoms with Gasteiger partial charge in [-0.3, -0.25) is 4.99 Å². The monoisotopic (exact) mass is 593 g/mol. The third kappa shape index (κ3) is 5.35. The van der Waals surface area contributed by atoms with Crippen molar-refractivity contribution >= 4 is 17.4 Å². The maximum Gasteiger partial charge on any atom is 0.144 e. The molecule has 3 unspecified atom stereocenters. The number of hydrogen-bond donors (Lipinski definition) is 1. The fraction of sp³-hybridized carbons (Fsp3) is 0.116. The summed E-state index contributed by atoms with van der Waals surface area (Å²) in [5.74, 6) is 0.436. The second-order valence-corrected chi connectivity index (χ2v) is 12.4. The number of pyridine rings is 1. The van der Waals surface area contributed by atoms with Crippen molar-refractivity contribution < 1.29 is 0 Å². The van der Waals surface area contributed by atoms with Crippen molar-refractivity contribution in [2.24, 2.45) is 10.9 Å². The number of nitrogens with one attached hydrogen (secondary N) is 1. The lowest BCUT2D eigenvalue weighted by Gasteiger charge is -2.30. The van der Waals surface area contributed by atoms with E-state index in [-0.39, 0.29) is 18.0 Å². The number of aliphatic imine (C=N–C) groups is 1. The Morgan fingerprint density at radius 3 is 1.98 bits per heavy atom. The summed E-state index contributed by atoms with van der Waals surface area (Å²) in [5, 5.41) is 6.25. The molecule has 0 saturated carbocycles. The number of nitrogens with zero attached hydrogens (tertiary/aromatic N) is 2. The molecule has 0 spiro atoms. The van der Waals surface area contributed by atoms with Crippen molar-refractivity contribution in [2.75, 3.05) is 0 Å². The Kier molecular flexibility index (Phi) is 7.15. The third-order valence-electron chi connectivity index (χ3n) is 9.18. The molecule has 0 bridgehead atoms. The van der Waals surface area contributed by atoms with Crippen molar-refractivity contribution in [1.29, 1.82) is 0 Å². The molecule has 3 atom stereocenters. The zero-order valence-electron chi connectivity index (χ0n) is 26.1. The lowest BCUT2D eigenvalue weighted by molar-refractivity contribution is 0.617. The minimum atomic E-state index is -0.158. The van der Waals surface area contributed by atoms with Gasteiger partial charge in [-0.05, 0) is 76.4 Å². The van der Waals surface area contributed by atoms with E-state index in [9.17, 15) is 0 Å². The number of aromatic nitrogens is 1. The van der Waals surface area contributed by atoms with E-state index in [2.05, 4.69) is 171 Å². The molecule has 0 fully saturated rings. The summed E-state index contributed by atoms with van der Waals surface area (Å²) in [6.07, 6.45) is 13.4. The smallest absolute Gasteiger partial charge is 0.144 e. The predicted octanol–water partition coefficient (Wildman–Crippen LogP) is 8.52. The second-order valence-electron chi connectivity index (χ2n) is 12.4. The van der Waals surface area contributed by atoms with Crippen LogP contribution in [-0.4, -0.2) is 10.7 Å². The number of hydrogen-bond acceptors (Lipinski definition) is 3. The molecule has 4 aromatic carbocycles. The number of benzene rings is 4. The Morgan fingerprint density at radius 2 is 1.26 bits per heavy atom. The highest BCUT2D eigenvalue weighted by Gasteiger charge is 2.28. The molecule has 0 saturated heterocycles. The van der Waals surface area contributed by atoms with E-state index in [1.54, 1.807) is 0 Å². The first-order valence-electron chi connectivity index (χ1n) is 16.0. The van der Waals surface area contributed by atoms with Gasteiger partial charge in [0.15, 0.2) is 0 Å². The fourth-order valence-electron chi connectivity index (χ4n) is 7.05. The lowest BCUT2D eigenvalue weighted by atomic mass is 9.74.